The second-order valence-corrected chi connectivity index (χ2v) is 5.13. The van der Waals surface area contributed by atoms with E-state index in [2.05, 4.69) is 0 Å². The molecule has 1 aromatic carbocycles. The van der Waals surface area contributed by atoms with E-state index < -0.39 is 36.6 Å². The van der Waals surface area contributed by atoms with Gasteiger partial charge in [-0.25, -0.2) is 0 Å². The number of hydrogen-bond donors (Lipinski definition) is 3. The second kappa shape index (κ2) is 7.31. The summed E-state index contributed by atoms with van der Waals surface area (Å²) in [6, 6.07) is 9.43. The van der Waals surface area contributed by atoms with Gasteiger partial charge in [-0.1, -0.05) is 30.3 Å². The van der Waals surface area contributed by atoms with Crippen LogP contribution in [0, 0.1) is 0 Å². The summed E-state index contributed by atoms with van der Waals surface area (Å²) in [7, 11) is 2.77. The molecule has 0 radical (unpaired) electrons. The van der Waals surface area contributed by atoms with Crippen molar-refractivity contribution in [3.8, 4) is 0 Å². The summed E-state index contributed by atoms with van der Waals surface area (Å²) in [6.45, 7) is 0.239. The Bertz CT molecular complexity index is 407. The van der Waals surface area contributed by atoms with E-state index in [-0.39, 0.29) is 6.61 Å². The number of methoxy groups -OCH3 is 2. The fourth-order valence-corrected chi connectivity index (χ4v) is 2.69. The fourth-order valence-electron chi connectivity index (χ4n) is 2.69. The van der Waals surface area contributed by atoms with Crippen molar-refractivity contribution >= 4 is 0 Å². The lowest BCUT2D eigenvalue weighted by atomic mass is 9.84. The molecule has 118 valence electrons. The van der Waals surface area contributed by atoms with Crippen molar-refractivity contribution < 1.29 is 29.5 Å². The predicted octanol–water partition coefficient (Wildman–Crippen LogP) is -0.302. The molecule has 6 nitrogen and oxygen atoms in total. The quantitative estimate of drug-likeness (QED) is 0.691. The van der Waals surface area contributed by atoms with Gasteiger partial charge in [0.25, 0.3) is 0 Å². The van der Waals surface area contributed by atoms with Gasteiger partial charge in [0.1, 0.15) is 36.6 Å². The van der Waals surface area contributed by atoms with Crippen molar-refractivity contribution in [2.24, 2.45) is 0 Å². The normalized spacial score (nSPS) is 36.6. The molecule has 6 heteroatoms. The second-order valence-electron chi connectivity index (χ2n) is 5.13. The minimum Gasteiger partial charge on any atom is -0.387 e. The molecule has 0 bridgehead atoms. The van der Waals surface area contributed by atoms with E-state index in [4.69, 9.17) is 14.2 Å². The average molecular weight is 298 g/mol. The average Bonchev–Trinajstić information content (AvgIpc) is 2.49. The van der Waals surface area contributed by atoms with E-state index in [1.165, 1.54) is 14.2 Å². The monoisotopic (exact) mass is 298 g/mol. The van der Waals surface area contributed by atoms with Crippen LogP contribution in [-0.4, -0.2) is 66.2 Å². The van der Waals surface area contributed by atoms with Crippen LogP contribution in [0.5, 0.6) is 0 Å². The van der Waals surface area contributed by atoms with E-state index in [1.54, 1.807) is 0 Å². The number of aliphatic hydroxyl groups is 3. The summed E-state index contributed by atoms with van der Waals surface area (Å²) < 4.78 is 15.8. The zero-order chi connectivity index (χ0) is 15.4. The Kier molecular flexibility index (Phi) is 5.69. The molecular formula is C15H22O6. The maximum atomic E-state index is 10.2. The van der Waals surface area contributed by atoms with Crippen molar-refractivity contribution in [2.45, 2.75) is 43.2 Å². The molecule has 2 unspecified atom stereocenters. The van der Waals surface area contributed by atoms with Gasteiger partial charge in [0.05, 0.1) is 6.61 Å². The summed E-state index contributed by atoms with van der Waals surface area (Å²) in [5.41, 5.74) is 0.922. The molecule has 1 aliphatic carbocycles. The first-order valence-electron chi connectivity index (χ1n) is 6.85. The van der Waals surface area contributed by atoms with Gasteiger partial charge in [0.15, 0.2) is 0 Å². The Morgan fingerprint density at radius 1 is 0.810 bits per heavy atom. The molecule has 2 rings (SSSR count). The first-order valence-corrected chi connectivity index (χ1v) is 6.85. The molecule has 1 fully saturated rings. The van der Waals surface area contributed by atoms with Crippen LogP contribution >= 0.6 is 0 Å². The largest absolute Gasteiger partial charge is 0.387 e. The maximum absolute atomic E-state index is 10.2. The highest BCUT2D eigenvalue weighted by Crippen LogP contribution is 2.27. The standard InChI is InChI=1S/C15H22O6/c1-19-13-10(16)14(20-2)12(18)15(11(13)17)21-8-9-6-4-3-5-7-9/h3-7,10-18H,8H2,1-2H3/t10?,11-,12+,13+,14-,15?. The Balaban J connectivity index is 2.08. The molecule has 1 aromatic rings. The lowest BCUT2D eigenvalue weighted by Crippen LogP contribution is -2.65. The fraction of sp³-hybridized carbons (Fsp3) is 0.600. The lowest BCUT2D eigenvalue weighted by molar-refractivity contribution is -0.248. The molecule has 0 aromatic heterocycles. The molecule has 21 heavy (non-hydrogen) atoms. The minimum absolute atomic E-state index is 0.239. The SMILES string of the molecule is CO[C@@H]1C(O)[C@H](OC)[C@@H](O)C(OCc2ccccc2)[C@H]1O. The van der Waals surface area contributed by atoms with Gasteiger partial charge >= 0.3 is 0 Å². The molecule has 1 aliphatic rings. The highest BCUT2D eigenvalue weighted by Gasteiger charge is 2.50. The lowest BCUT2D eigenvalue weighted by Gasteiger charge is -2.44. The summed E-state index contributed by atoms with van der Waals surface area (Å²) in [6.07, 6.45) is -6.06. The molecule has 0 saturated heterocycles. The smallest absolute Gasteiger partial charge is 0.115 e. The van der Waals surface area contributed by atoms with Crippen LogP contribution < -0.4 is 0 Å². The molecule has 1 saturated carbocycles. The van der Waals surface area contributed by atoms with Gasteiger partial charge in [-0.3, -0.25) is 0 Å². The topological polar surface area (TPSA) is 88.4 Å². The van der Waals surface area contributed by atoms with Crippen LogP contribution in [-0.2, 0) is 20.8 Å². The van der Waals surface area contributed by atoms with Crippen LogP contribution in [0.1, 0.15) is 5.56 Å². The molecule has 0 aliphatic heterocycles. The Morgan fingerprint density at radius 2 is 1.29 bits per heavy atom. The first kappa shape index (κ1) is 16.4. The van der Waals surface area contributed by atoms with Crippen molar-refractivity contribution in [2.75, 3.05) is 14.2 Å². The Hall–Kier alpha value is -1.02. The van der Waals surface area contributed by atoms with E-state index in [9.17, 15) is 15.3 Å². The summed E-state index contributed by atoms with van der Waals surface area (Å²) in [5.74, 6) is 0. The van der Waals surface area contributed by atoms with Gasteiger partial charge in [0, 0.05) is 14.2 Å². The third kappa shape index (κ3) is 3.42. The van der Waals surface area contributed by atoms with Gasteiger partial charge in [-0.2, -0.15) is 0 Å². The van der Waals surface area contributed by atoms with Crippen molar-refractivity contribution in [3.05, 3.63) is 35.9 Å². The molecule has 0 heterocycles. The first-order chi connectivity index (χ1) is 10.1. The zero-order valence-corrected chi connectivity index (χ0v) is 12.1. The number of aliphatic hydroxyl groups excluding tert-OH is 3. The van der Waals surface area contributed by atoms with Crippen molar-refractivity contribution in [1.29, 1.82) is 0 Å². The number of rotatable bonds is 5. The molecule has 0 amide bonds. The van der Waals surface area contributed by atoms with Crippen molar-refractivity contribution in [1.82, 2.24) is 0 Å². The van der Waals surface area contributed by atoms with Crippen LogP contribution in [0.4, 0.5) is 0 Å². The van der Waals surface area contributed by atoms with Crippen LogP contribution in [0.15, 0.2) is 30.3 Å². The molecular weight excluding hydrogens is 276 g/mol. The predicted molar refractivity (Wildman–Crippen MR) is 74.6 cm³/mol. The van der Waals surface area contributed by atoms with Gasteiger partial charge in [-0.15, -0.1) is 0 Å². The van der Waals surface area contributed by atoms with E-state index in [0.717, 1.165) is 5.56 Å². The third-order valence-electron chi connectivity index (χ3n) is 3.85. The number of hydrogen-bond acceptors (Lipinski definition) is 6. The number of benzene rings is 1. The maximum Gasteiger partial charge on any atom is 0.115 e. The Labute approximate surface area is 123 Å². The Morgan fingerprint density at radius 3 is 1.76 bits per heavy atom. The highest BCUT2D eigenvalue weighted by molar-refractivity contribution is 5.13. The van der Waals surface area contributed by atoms with Crippen LogP contribution in [0.25, 0.3) is 0 Å². The van der Waals surface area contributed by atoms with E-state index in [0.29, 0.717) is 0 Å². The number of ether oxygens (including phenoxy) is 3. The van der Waals surface area contributed by atoms with E-state index >= 15 is 0 Å². The van der Waals surface area contributed by atoms with E-state index in [1.807, 2.05) is 30.3 Å². The summed E-state index contributed by atoms with van der Waals surface area (Å²) in [5, 5.41) is 30.5. The van der Waals surface area contributed by atoms with Gasteiger partial charge < -0.3 is 29.5 Å². The molecule has 3 N–H and O–H groups in total. The minimum atomic E-state index is -1.14. The zero-order valence-electron chi connectivity index (χ0n) is 12.1. The van der Waals surface area contributed by atoms with Crippen LogP contribution in [0.3, 0.4) is 0 Å². The molecule has 0 spiro atoms. The third-order valence-corrected chi connectivity index (χ3v) is 3.85. The van der Waals surface area contributed by atoms with Crippen LogP contribution in [0.2, 0.25) is 0 Å². The van der Waals surface area contributed by atoms with Gasteiger partial charge in [0.2, 0.25) is 0 Å². The van der Waals surface area contributed by atoms with Crippen molar-refractivity contribution in [3.63, 3.8) is 0 Å². The highest BCUT2D eigenvalue weighted by atomic mass is 16.6. The van der Waals surface area contributed by atoms with Gasteiger partial charge in [-0.05, 0) is 5.56 Å². The summed E-state index contributed by atoms with van der Waals surface area (Å²) >= 11 is 0. The molecule has 6 atom stereocenters. The summed E-state index contributed by atoms with van der Waals surface area (Å²) in [4.78, 5) is 0.